The quantitative estimate of drug-likeness (QED) is 0.776. The zero-order valence-corrected chi connectivity index (χ0v) is 11.2. The van der Waals surface area contributed by atoms with Crippen LogP contribution in [0, 0.1) is 23.7 Å². The summed E-state index contributed by atoms with van der Waals surface area (Å²) in [6, 6.07) is 0.176. The molecule has 17 heavy (non-hydrogen) atoms. The minimum absolute atomic E-state index is 0.0813. The van der Waals surface area contributed by atoms with Crippen molar-refractivity contribution >= 4 is 17.7 Å². The summed E-state index contributed by atoms with van der Waals surface area (Å²) < 4.78 is 0. The van der Waals surface area contributed by atoms with Gasteiger partial charge in [0.05, 0.1) is 6.04 Å². The van der Waals surface area contributed by atoms with Crippen LogP contribution in [0.2, 0.25) is 0 Å². The van der Waals surface area contributed by atoms with Crippen molar-refractivity contribution in [2.75, 3.05) is 12.0 Å². The number of thioether (sulfide) groups is 1. The van der Waals surface area contributed by atoms with Gasteiger partial charge in [-0.1, -0.05) is 0 Å². The molecule has 3 nitrogen and oxygen atoms in total. The van der Waals surface area contributed by atoms with E-state index in [0.717, 1.165) is 35.8 Å². The molecule has 0 aliphatic heterocycles. The standard InChI is InChI=1S/C13H22N2OS/c1-17-5-4-9(14)13(16)15-12-10-7-2-3-8(6-7)11(10)12/h7-12H,2-6,14H2,1H3,(H,15,16)/t7?,8?,9-,10?,11?,12?/m1/s1. The van der Waals surface area contributed by atoms with Crippen molar-refractivity contribution in [1.29, 1.82) is 0 Å². The monoisotopic (exact) mass is 254 g/mol. The van der Waals surface area contributed by atoms with E-state index < -0.39 is 0 Å². The molecular weight excluding hydrogens is 232 g/mol. The molecule has 3 saturated carbocycles. The van der Waals surface area contributed by atoms with E-state index in [0.29, 0.717) is 6.04 Å². The van der Waals surface area contributed by atoms with Gasteiger partial charge in [0.2, 0.25) is 5.91 Å². The van der Waals surface area contributed by atoms with Crippen LogP contribution in [-0.4, -0.2) is 30.0 Å². The maximum absolute atomic E-state index is 11.9. The van der Waals surface area contributed by atoms with Crippen molar-refractivity contribution in [3.8, 4) is 0 Å². The number of hydrogen-bond donors (Lipinski definition) is 2. The Kier molecular flexibility index (Phi) is 3.11. The van der Waals surface area contributed by atoms with E-state index in [1.165, 1.54) is 19.3 Å². The molecule has 0 heterocycles. The average Bonchev–Trinajstić information content (AvgIpc) is 2.75. The summed E-state index contributed by atoms with van der Waals surface area (Å²) >= 11 is 1.75. The van der Waals surface area contributed by atoms with Crippen LogP contribution in [0.4, 0.5) is 0 Å². The molecule has 0 aromatic rings. The first kappa shape index (κ1) is 11.8. The molecule has 2 bridgehead atoms. The van der Waals surface area contributed by atoms with Gasteiger partial charge in [-0.15, -0.1) is 0 Å². The van der Waals surface area contributed by atoms with E-state index in [4.69, 9.17) is 5.73 Å². The van der Waals surface area contributed by atoms with Crippen LogP contribution < -0.4 is 11.1 Å². The zero-order valence-electron chi connectivity index (χ0n) is 10.4. The van der Waals surface area contributed by atoms with Crippen LogP contribution in [-0.2, 0) is 4.79 Å². The predicted molar refractivity (Wildman–Crippen MR) is 70.7 cm³/mol. The van der Waals surface area contributed by atoms with E-state index in [-0.39, 0.29) is 11.9 Å². The molecule has 0 radical (unpaired) electrons. The number of carbonyl (C=O) groups is 1. The second-order valence-electron chi connectivity index (χ2n) is 5.91. The highest BCUT2D eigenvalue weighted by atomic mass is 32.2. The highest BCUT2D eigenvalue weighted by Crippen LogP contribution is 2.65. The van der Waals surface area contributed by atoms with Gasteiger partial charge in [0.1, 0.15) is 0 Å². The van der Waals surface area contributed by atoms with Gasteiger partial charge in [-0.05, 0) is 61.4 Å². The molecule has 4 heteroatoms. The fourth-order valence-corrected chi connectivity index (χ4v) is 4.66. The number of fused-ring (bicyclic) bond motifs is 5. The lowest BCUT2D eigenvalue weighted by Gasteiger charge is -2.14. The van der Waals surface area contributed by atoms with Crippen LogP contribution in [0.25, 0.3) is 0 Å². The fraction of sp³-hybridized carbons (Fsp3) is 0.923. The summed E-state index contributed by atoms with van der Waals surface area (Å²) in [6.07, 6.45) is 7.07. The van der Waals surface area contributed by atoms with E-state index in [1.54, 1.807) is 11.8 Å². The lowest BCUT2D eigenvalue weighted by Crippen LogP contribution is -2.43. The Hall–Kier alpha value is -0.220. The fourth-order valence-electron chi connectivity index (χ4n) is 4.17. The van der Waals surface area contributed by atoms with Gasteiger partial charge < -0.3 is 11.1 Å². The normalized spacial score (nSPS) is 43.3. The molecule has 1 amide bonds. The van der Waals surface area contributed by atoms with Gasteiger partial charge in [-0.3, -0.25) is 4.79 Å². The number of amides is 1. The second-order valence-corrected chi connectivity index (χ2v) is 6.90. The van der Waals surface area contributed by atoms with Crippen molar-refractivity contribution < 1.29 is 4.79 Å². The Morgan fingerprint density at radius 1 is 1.41 bits per heavy atom. The van der Waals surface area contributed by atoms with Crippen LogP contribution in [0.15, 0.2) is 0 Å². The van der Waals surface area contributed by atoms with Crippen LogP contribution in [0.1, 0.15) is 25.7 Å². The van der Waals surface area contributed by atoms with Gasteiger partial charge in [0.15, 0.2) is 0 Å². The first-order valence-electron chi connectivity index (χ1n) is 6.77. The minimum atomic E-state index is -0.304. The van der Waals surface area contributed by atoms with Gasteiger partial charge in [0, 0.05) is 6.04 Å². The van der Waals surface area contributed by atoms with Crippen molar-refractivity contribution in [2.45, 2.75) is 37.8 Å². The minimum Gasteiger partial charge on any atom is -0.351 e. The molecule has 96 valence electrons. The third-order valence-corrected chi connectivity index (χ3v) is 5.66. The van der Waals surface area contributed by atoms with Gasteiger partial charge in [-0.2, -0.15) is 11.8 Å². The second kappa shape index (κ2) is 4.47. The Balaban J connectivity index is 1.48. The largest absolute Gasteiger partial charge is 0.351 e. The van der Waals surface area contributed by atoms with E-state index in [2.05, 4.69) is 5.32 Å². The summed E-state index contributed by atoms with van der Waals surface area (Å²) in [7, 11) is 0. The highest BCUT2D eigenvalue weighted by molar-refractivity contribution is 7.98. The van der Waals surface area contributed by atoms with Crippen LogP contribution in [0.5, 0.6) is 0 Å². The van der Waals surface area contributed by atoms with Gasteiger partial charge in [-0.25, -0.2) is 0 Å². The molecule has 3 N–H and O–H groups in total. The first-order valence-corrected chi connectivity index (χ1v) is 8.16. The van der Waals surface area contributed by atoms with E-state index in [9.17, 15) is 4.79 Å². The van der Waals surface area contributed by atoms with Crippen molar-refractivity contribution in [3.63, 3.8) is 0 Å². The smallest absolute Gasteiger partial charge is 0.237 e. The lowest BCUT2D eigenvalue weighted by atomic mass is 10.0. The summed E-state index contributed by atoms with van der Waals surface area (Å²) in [5, 5.41) is 3.19. The lowest BCUT2D eigenvalue weighted by molar-refractivity contribution is -0.122. The third kappa shape index (κ3) is 1.99. The Labute approximate surface area is 107 Å². The molecule has 4 unspecified atom stereocenters. The van der Waals surface area contributed by atoms with Crippen molar-refractivity contribution in [1.82, 2.24) is 5.32 Å². The van der Waals surface area contributed by atoms with Crippen LogP contribution >= 0.6 is 11.8 Å². The average molecular weight is 254 g/mol. The Morgan fingerprint density at radius 3 is 2.65 bits per heavy atom. The number of nitrogens with one attached hydrogen (secondary N) is 1. The molecule has 0 aromatic carbocycles. The maximum atomic E-state index is 11.9. The predicted octanol–water partition coefficient (Wildman–Crippen LogP) is 1.23. The van der Waals surface area contributed by atoms with Crippen LogP contribution in [0.3, 0.4) is 0 Å². The molecule has 0 aromatic heterocycles. The summed E-state index contributed by atoms with van der Waals surface area (Å²) in [4.78, 5) is 11.9. The number of hydrogen-bond acceptors (Lipinski definition) is 3. The number of carbonyl (C=O) groups excluding carboxylic acids is 1. The van der Waals surface area contributed by atoms with E-state index >= 15 is 0 Å². The SMILES string of the molecule is CSCC[C@@H](N)C(=O)NC1C2C3CCC(C3)C12. The highest BCUT2D eigenvalue weighted by Gasteiger charge is 2.65. The van der Waals surface area contributed by atoms with Gasteiger partial charge in [0.25, 0.3) is 0 Å². The molecule has 5 atom stereocenters. The zero-order chi connectivity index (χ0) is 12.0. The Morgan fingerprint density at radius 2 is 2.06 bits per heavy atom. The Bertz CT molecular complexity index is 307. The first-order chi connectivity index (χ1) is 8.22. The molecule has 3 aliphatic carbocycles. The molecule has 3 fully saturated rings. The number of rotatable bonds is 5. The summed E-state index contributed by atoms with van der Waals surface area (Å²) in [5.41, 5.74) is 5.89. The third-order valence-electron chi connectivity index (χ3n) is 5.01. The van der Waals surface area contributed by atoms with Crippen molar-refractivity contribution in [3.05, 3.63) is 0 Å². The maximum Gasteiger partial charge on any atom is 0.237 e. The molecule has 0 spiro atoms. The molecule has 0 saturated heterocycles. The van der Waals surface area contributed by atoms with Crippen molar-refractivity contribution in [2.24, 2.45) is 29.4 Å². The van der Waals surface area contributed by atoms with Gasteiger partial charge >= 0.3 is 0 Å². The summed E-state index contributed by atoms with van der Waals surface area (Å²) in [6.45, 7) is 0. The molecule has 3 rings (SSSR count). The summed E-state index contributed by atoms with van der Waals surface area (Å²) in [5.74, 6) is 4.50. The number of nitrogens with two attached hydrogens (primary N) is 1. The molecule has 3 aliphatic rings. The topological polar surface area (TPSA) is 55.1 Å². The molecular formula is C13H22N2OS. The van der Waals surface area contributed by atoms with E-state index in [1.807, 2.05) is 6.26 Å².